The van der Waals surface area contributed by atoms with E-state index in [0.717, 1.165) is 29.5 Å². The highest BCUT2D eigenvalue weighted by Crippen LogP contribution is 2.36. The smallest absolute Gasteiger partial charge is 0.260 e. The van der Waals surface area contributed by atoms with E-state index in [-0.39, 0.29) is 10.8 Å². The summed E-state index contributed by atoms with van der Waals surface area (Å²) in [5.41, 5.74) is 1.14. The SMILES string of the molecule is C[C@H]1CCc2c(sc3nc(S[C@@H](C)C#N)[nH]c(=O)c23)C1. The second-order valence-electron chi connectivity index (χ2n) is 5.29. The van der Waals surface area contributed by atoms with Crippen molar-refractivity contribution in [2.45, 2.75) is 43.5 Å². The molecule has 3 rings (SSSR count). The van der Waals surface area contributed by atoms with Crippen molar-refractivity contribution < 1.29 is 0 Å². The van der Waals surface area contributed by atoms with Crippen LogP contribution in [0.3, 0.4) is 0 Å². The van der Waals surface area contributed by atoms with Crippen molar-refractivity contribution in [3.63, 3.8) is 0 Å². The monoisotopic (exact) mass is 305 g/mol. The van der Waals surface area contributed by atoms with E-state index in [9.17, 15) is 4.79 Å². The van der Waals surface area contributed by atoms with Gasteiger partial charge in [-0.1, -0.05) is 18.7 Å². The summed E-state index contributed by atoms with van der Waals surface area (Å²) in [6, 6.07) is 2.14. The molecule has 0 aliphatic heterocycles. The number of aromatic amines is 1. The molecule has 2 aromatic heterocycles. The van der Waals surface area contributed by atoms with E-state index in [1.807, 2.05) is 0 Å². The van der Waals surface area contributed by atoms with E-state index < -0.39 is 0 Å². The number of nitrogens with zero attached hydrogens (tertiary/aromatic N) is 2. The molecule has 0 saturated heterocycles. The molecule has 2 aromatic rings. The highest BCUT2D eigenvalue weighted by atomic mass is 32.2. The molecule has 1 aliphatic rings. The normalized spacial score (nSPS) is 19.6. The maximum atomic E-state index is 12.3. The summed E-state index contributed by atoms with van der Waals surface area (Å²) in [5, 5.41) is 9.95. The van der Waals surface area contributed by atoms with E-state index in [1.165, 1.54) is 22.2 Å². The number of aromatic nitrogens is 2. The summed E-state index contributed by atoms with van der Waals surface area (Å²) in [6.07, 6.45) is 3.16. The fourth-order valence-corrected chi connectivity index (χ4v) is 4.70. The van der Waals surface area contributed by atoms with E-state index in [4.69, 9.17) is 5.26 Å². The van der Waals surface area contributed by atoms with Gasteiger partial charge in [0.1, 0.15) is 4.83 Å². The van der Waals surface area contributed by atoms with Crippen LogP contribution in [0.2, 0.25) is 0 Å². The van der Waals surface area contributed by atoms with Crippen molar-refractivity contribution in [2.24, 2.45) is 5.92 Å². The highest BCUT2D eigenvalue weighted by Gasteiger charge is 2.23. The van der Waals surface area contributed by atoms with Gasteiger partial charge in [-0.25, -0.2) is 4.98 Å². The van der Waals surface area contributed by atoms with Gasteiger partial charge in [0.05, 0.1) is 16.7 Å². The molecular weight excluding hydrogens is 290 g/mol. The number of H-pyrrole nitrogens is 1. The lowest BCUT2D eigenvalue weighted by Gasteiger charge is -2.17. The number of thiophene rings is 1. The van der Waals surface area contributed by atoms with E-state index >= 15 is 0 Å². The minimum absolute atomic E-state index is 0.0605. The van der Waals surface area contributed by atoms with Crippen LogP contribution in [-0.2, 0) is 12.8 Å². The van der Waals surface area contributed by atoms with Crippen molar-refractivity contribution in [3.05, 3.63) is 20.8 Å². The van der Waals surface area contributed by atoms with Gasteiger partial charge in [0.2, 0.25) is 0 Å². The fraction of sp³-hybridized carbons (Fsp3) is 0.500. The number of rotatable bonds is 2. The van der Waals surface area contributed by atoms with Crippen LogP contribution in [-0.4, -0.2) is 15.2 Å². The van der Waals surface area contributed by atoms with Gasteiger partial charge in [-0.2, -0.15) is 5.26 Å². The molecule has 0 bridgehead atoms. The first kappa shape index (κ1) is 13.7. The number of aryl methyl sites for hydroxylation is 1. The Hall–Kier alpha value is -1.32. The van der Waals surface area contributed by atoms with E-state index in [2.05, 4.69) is 23.0 Å². The molecular formula is C14H15N3OS2. The quantitative estimate of drug-likeness (QED) is 0.683. The summed E-state index contributed by atoms with van der Waals surface area (Å²) in [6.45, 7) is 4.05. The lowest BCUT2D eigenvalue weighted by Crippen LogP contribution is -2.13. The highest BCUT2D eigenvalue weighted by molar-refractivity contribution is 8.00. The van der Waals surface area contributed by atoms with Gasteiger partial charge in [-0.05, 0) is 37.7 Å². The third-order valence-electron chi connectivity index (χ3n) is 3.61. The predicted octanol–water partition coefficient (Wildman–Crippen LogP) is 3.11. The molecule has 0 aromatic carbocycles. The van der Waals surface area contributed by atoms with Crippen LogP contribution in [0.4, 0.5) is 0 Å². The topological polar surface area (TPSA) is 69.5 Å². The van der Waals surface area contributed by atoms with Crippen molar-refractivity contribution in [3.8, 4) is 6.07 Å². The van der Waals surface area contributed by atoms with Gasteiger partial charge in [0.25, 0.3) is 5.56 Å². The number of nitrogens with one attached hydrogen (secondary N) is 1. The Morgan fingerprint density at radius 3 is 3.15 bits per heavy atom. The molecule has 0 saturated carbocycles. The molecule has 4 nitrogen and oxygen atoms in total. The maximum Gasteiger partial charge on any atom is 0.260 e. The second kappa shape index (κ2) is 5.23. The first-order chi connectivity index (χ1) is 9.58. The van der Waals surface area contributed by atoms with Gasteiger partial charge in [-0.15, -0.1) is 11.3 Å². The second-order valence-corrected chi connectivity index (χ2v) is 7.71. The third-order valence-corrected chi connectivity index (χ3v) is 5.64. The molecule has 2 atom stereocenters. The summed E-state index contributed by atoms with van der Waals surface area (Å²) in [7, 11) is 0. The third kappa shape index (κ3) is 2.36. The lowest BCUT2D eigenvalue weighted by atomic mass is 9.89. The van der Waals surface area contributed by atoms with Crippen LogP contribution in [0, 0.1) is 17.2 Å². The molecule has 0 spiro atoms. The first-order valence-electron chi connectivity index (χ1n) is 6.69. The molecule has 2 heterocycles. The van der Waals surface area contributed by atoms with Crippen LogP contribution in [0.5, 0.6) is 0 Å². The van der Waals surface area contributed by atoms with Crippen molar-refractivity contribution in [1.29, 1.82) is 5.26 Å². The predicted molar refractivity (Wildman–Crippen MR) is 82.4 cm³/mol. The number of hydrogen-bond acceptors (Lipinski definition) is 5. The summed E-state index contributed by atoms with van der Waals surface area (Å²) >= 11 is 2.94. The maximum absolute atomic E-state index is 12.3. The van der Waals surface area contributed by atoms with Gasteiger partial charge < -0.3 is 4.98 Å². The number of hydrogen-bond donors (Lipinski definition) is 1. The first-order valence-corrected chi connectivity index (χ1v) is 8.39. The number of fused-ring (bicyclic) bond motifs is 3. The van der Waals surface area contributed by atoms with Crippen LogP contribution < -0.4 is 5.56 Å². The van der Waals surface area contributed by atoms with Crippen LogP contribution in [0.1, 0.15) is 30.7 Å². The average molecular weight is 305 g/mol. The minimum Gasteiger partial charge on any atom is -0.301 e. The van der Waals surface area contributed by atoms with Crippen molar-refractivity contribution >= 4 is 33.3 Å². The summed E-state index contributed by atoms with van der Waals surface area (Å²) in [4.78, 5) is 21.8. The molecule has 1 aliphatic carbocycles. The zero-order chi connectivity index (χ0) is 14.3. The molecule has 0 unspecified atom stereocenters. The Labute approximate surface area is 125 Å². The summed E-state index contributed by atoms with van der Waals surface area (Å²) in [5.74, 6) is 0.683. The Morgan fingerprint density at radius 2 is 2.40 bits per heavy atom. The van der Waals surface area contributed by atoms with Crippen molar-refractivity contribution in [2.75, 3.05) is 0 Å². The molecule has 20 heavy (non-hydrogen) atoms. The largest absolute Gasteiger partial charge is 0.301 e. The Balaban J connectivity index is 2.10. The Kier molecular flexibility index (Phi) is 3.57. The zero-order valence-corrected chi connectivity index (χ0v) is 13.0. The fourth-order valence-electron chi connectivity index (χ4n) is 2.58. The van der Waals surface area contributed by atoms with Gasteiger partial charge >= 0.3 is 0 Å². The molecule has 104 valence electrons. The Morgan fingerprint density at radius 1 is 1.60 bits per heavy atom. The van der Waals surface area contributed by atoms with Gasteiger partial charge in [0, 0.05) is 4.88 Å². The zero-order valence-electron chi connectivity index (χ0n) is 11.4. The van der Waals surface area contributed by atoms with Gasteiger partial charge in [0.15, 0.2) is 5.16 Å². The molecule has 6 heteroatoms. The average Bonchev–Trinajstić information content (AvgIpc) is 2.75. The standard InChI is InChI=1S/C14H15N3OS2/c1-7-3-4-9-10(5-7)20-13-11(9)12(18)16-14(17-13)19-8(2)6-15/h7-8H,3-5H2,1-2H3,(H,16,17,18)/t7-,8-/m0/s1. The molecule has 0 radical (unpaired) electrons. The lowest BCUT2D eigenvalue weighted by molar-refractivity contribution is 0.509. The molecule has 1 N–H and O–H groups in total. The summed E-state index contributed by atoms with van der Waals surface area (Å²) < 4.78 is 0. The van der Waals surface area contributed by atoms with Crippen LogP contribution >= 0.6 is 23.1 Å². The minimum atomic E-state index is -0.217. The van der Waals surface area contributed by atoms with E-state index in [1.54, 1.807) is 18.3 Å². The molecule has 0 amide bonds. The van der Waals surface area contributed by atoms with Crippen LogP contribution in [0.25, 0.3) is 10.2 Å². The number of thioether (sulfide) groups is 1. The molecule has 0 fully saturated rings. The van der Waals surface area contributed by atoms with Crippen LogP contribution in [0.15, 0.2) is 9.95 Å². The van der Waals surface area contributed by atoms with Gasteiger partial charge in [-0.3, -0.25) is 4.79 Å². The van der Waals surface area contributed by atoms with Crippen molar-refractivity contribution in [1.82, 2.24) is 9.97 Å². The van der Waals surface area contributed by atoms with E-state index in [0.29, 0.717) is 11.1 Å². The number of nitriles is 1. The Bertz CT molecular complexity index is 756.